The van der Waals surface area contributed by atoms with Gasteiger partial charge in [0.05, 0.1) is 6.04 Å². The molecule has 0 bridgehead atoms. The van der Waals surface area contributed by atoms with E-state index < -0.39 is 0 Å². The van der Waals surface area contributed by atoms with Gasteiger partial charge in [0.1, 0.15) is 11.5 Å². The average Bonchev–Trinajstić information content (AvgIpc) is 3.07. The highest BCUT2D eigenvalue weighted by Crippen LogP contribution is 2.35. The normalized spacial score (nSPS) is 17.7. The molecule has 0 aliphatic heterocycles. The van der Waals surface area contributed by atoms with E-state index in [1.54, 1.807) is 0 Å². The third-order valence-electron chi connectivity index (χ3n) is 3.69. The molecule has 1 saturated carbocycles. The molecule has 1 aromatic heterocycles. The van der Waals surface area contributed by atoms with Crippen LogP contribution in [-0.4, -0.2) is 24.0 Å². The Morgan fingerprint density at radius 3 is 2.56 bits per heavy atom. The molecule has 0 saturated heterocycles. The number of hydrogen-bond donors (Lipinski definition) is 1. The van der Waals surface area contributed by atoms with Crippen LogP contribution in [0.4, 0.5) is 0 Å². The zero-order valence-corrected chi connectivity index (χ0v) is 11.9. The van der Waals surface area contributed by atoms with Gasteiger partial charge in [-0.1, -0.05) is 13.8 Å². The van der Waals surface area contributed by atoms with E-state index >= 15 is 0 Å². The Bertz CT molecular complexity index is 368. The fourth-order valence-electron chi connectivity index (χ4n) is 2.45. The van der Waals surface area contributed by atoms with E-state index in [1.165, 1.54) is 19.3 Å². The summed E-state index contributed by atoms with van der Waals surface area (Å²) in [5, 5.41) is 0. The lowest BCUT2D eigenvalue weighted by atomic mass is 10.1. The van der Waals surface area contributed by atoms with Gasteiger partial charge in [-0.15, -0.1) is 0 Å². The Morgan fingerprint density at radius 1 is 1.39 bits per heavy atom. The molecule has 2 rings (SSSR count). The summed E-state index contributed by atoms with van der Waals surface area (Å²) in [6.45, 7) is 8.32. The molecule has 0 radical (unpaired) electrons. The molecule has 102 valence electrons. The van der Waals surface area contributed by atoms with Crippen LogP contribution in [0.15, 0.2) is 16.5 Å². The van der Waals surface area contributed by atoms with Crippen LogP contribution in [0.1, 0.15) is 50.7 Å². The molecule has 0 amide bonds. The van der Waals surface area contributed by atoms with Crippen LogP contribution in [0.3, 0.4) is 0 Å². The smallest absolute Gasteiger partial charge is 0.122 e. The maximum atomic E-state index is 5.99. The van der Waals surface area contributed by atoms with Gasteiger partial charge in [0, 0.05) is 12.6 Å². The van der Waals surface area contributed by atoms with Crippen LogP contribution in [0.2, 0.25) is 0 Å². The second kappa shape index (κ2) is 5.89. The zero-order valence-electron chi connectivity index (χ0n) is 11.9. The largest absolute Gasteiger partial charge is 0.465 e. The van der Waals surface area contributed by atoms with Gasteiger partial charge in [-0.2, -0.15) is 0 Å². The Morgan fingerprint density at radius 2 is 2.11 bits per heavy atom. The highest BCUT2D eigenvalue weighted by atomic mass is 16.3. The van der Waals surface area contributed by atoms with Crippen molar-refractivity contribution in [3.8, 4) is 0 Å². The van der Waals surface area contributed by atoms with Crippen LogP contribution in [0.25, 0.3) is 0 Å². The summed E-state index contributed by atoms with van der Waals surface area (Å²) < 4.78 is 5.78. The quantitative estimate of drug-likeness (QED) is 0.808. The van der Waals surface area contributed by atoms with Crippen molar-refractivity contribution in [1.82, 2.24) is 4.90 Å². The Balaban J connectivity index is 2.06. The van der Waals surface area contributed by atoms with Crippen molar-refractivity contribution >= 4 is 0 Å². The molecule has 1 unspecified atom stereocenters. The molecule has 18 heavy (non-hydrogen) atoms. The number of aryl methyl sites for hydroxylation is 1. The molecule has 0 spiro atoms. The molecule has 3 nitrogen and oxygen atoms in total. The number of furan rings is 1. The zero-order chi connectivity index (χ0) is 13.1. The van der Waals surface area contributed by atoms with E-state index in [4.69, 9.17) is 10.2 Å². The Hall–Kier alpha value is -0.800. The summed E-state index contributed by atoms with van der Waals surface area (Å²) >= 11 is 0. The highest BCUT2D eigenvalue weighted by molar-refractivity contribution is 5.11. The molecule has 1 atom stereocenters. The first-order valence-electron chi connectivity index (χ1n) is 7.14. The van der Waals surface area contributed by atoms with Gasteiger partial charge in [0.15, 0.2) is 0 Å². The summed E-state index contributed by atoms with van der Waals surface area (Å²) in [5.74, 6) is 2.75. The van der Waals surface area contributed by atoms with Crippen LogP contribution in [0, 0.1) is 12.8 Å². The minimum atomic E-state index is 0.255. The molecular formula is C15H26N2O. The highest BCUT2D eigenvalue weighted by Gasteiger charge is 2.35. The van der Waals surface area contributed by atoms with Gasteiger partial charge in [0.2, 0.25) is 0 Å². The first-order chi connectivity index (χ1) is 8.61. The minimum Gasteiger partial charge on any atom is -0.465 e. The first kappa shape index (κ1) is 13.6. The summed E-state index contributed by atoms with van der Waals surface area (Å²) in [4.78, 5) is 2.55. The van der Waals surface area contributed by atoms with Gasteiger partial charge in [0.25, 0.3) is 0 Å². The monoisotopic (exact) mass is 250 g/mol. The van der Waals surface area contributed by atoms with Gasteiger partial charge in [-0.05, 0) is 50.8 Å². The lowest BCUT2D eigenvalue weighted by Gasteiger charge is -2.30. The average molecular weight is 250 g/mol. The second-order valence-electron chi connectivity index (χ2n) is 5.85. The van der Waals surface area contributed by atoms with Gasteiger partial charge >= 0.3 is 0 Å². The summed E-state index contributed by atoms with van der Waals surface area (Å²) in [6.07, 6.45) is 3.86. The maximum Gasteiger partial charge on any atom is 0.122 e. The van der Waals surface area contributed by atoms with E-state index in [9.17, 15) is 0 Å². The maximum absolute atomic E-state index is 5.99. The van der Waals surface area contributed by atoms with Crippen molar-refractivity contribution in [1.29, 1.82) is 0 Å². The van der Waals surface area contributed by atoms with Crippen LogP contribution in [0.5, 0.6) is 0 Å². The second-order valence-corrected chi connectivity index (χ2v) is 5.85. The number of hydrogen-bond acceptors (Lipinski definition) is 3. The van der Waals surface area contributed by atoms with Crippen LogP contribution in [-0.2, 0) is 0 Å². The van der Waals surface area contributed by atoms with E-state index in [0.717, 1.165) is 30.0 Å². The third kappa shape index (κ3) is 3.36. The van der Waals surface area contributed by atoms with Gasteiger partial charge in [-0.3, -0.25) is 4.90 Å². The van der Waals surface area contributed by atoms with Gasteiger partial charge < -0.3 is 10.2 Å². The van der Waals surface area contributed by atoms with E-state index in [2.05, 4.69) is 24.8 Å². The van der Waals surface area contributed by atoms with Crippen molar-refractivity contribution in [2.24, 2.45) is 11.7 Å². The molecule has 2 N–H and O–H groups in total. The van der Waals surface area contributed by atoms with E-state index in [1.807, 2.05) is 13.0 Å². The van der Waals surface area contributed by atoms with Crippen molar-refractivity contribution in [3.05, 3.63) is 23.7 Å². The van der Waals surface area contributed by atoms with Crippen molar-refractivity contribution in [2.45, 2.75) is 52.1 Å². The Labute approximate surface area is 110 Å². The van der Waals surface area contributed by atoms with Crippen molar-refractivity contribution in [3.63, 3.8) is 0 Å². The predicted octanol–water partition coefficient (Wildman–Crippen LogP) is 3.10. The fourth-order valence-corrected chi connectivity index (χ4v) is 2.45. The number of nitrogens with zero attached hydrogens (tertiary/aromatic N) is 1. The number of nitrogens with two attached hydrogens (primary N) is 1. The van der Waals surface area contributed by atoms with Crippen LogP contribution >= 0.6 is 0 Å². The molecule has 1 aliphatic carbocycles. The van der Waals surface area contributed by atoms with Gasteiger partial charge in [-0.25, -0.2) is 0 Å². The summed E-state index contributed by atoms with van der Waals surface area (Å²) in [5.41, 5.74) is 5.99. The van der Waals surface area contributed by atoms with E-state index in [0.29, 0.717) is 6.54 Å². The minimum absolute atomic E-state index is 0.255. The summed E-state index contributed by atoms with van der Waals surface area (Å²) in [7, 11) is 0. The summed E-state index contributed by atoms with van der Waals surface area (Å²) in [6, 6.07) is 5.09. The molecule has 1 aliphatic rings. The molecular weight excluding hydrogens is 224 g/mol. The molecule has 3 heteroatoms. The molecule has 1 heterocycles. The lowest BCUT2D eigenvalue weighted by molar-refractivity contribution is 0.160. The molecule has 1 fully saturated rings. The van der Waals surface area contributed by atoms with Crippen LogP contribution < -0.4 is 5.73 Å². The first-order valence-corrected chi connectivity index (χ1v) is 7.14. The topological polar surface area (TPSA) is 42.4 Å². The van der Waals surface area contributed by atoms with Crippen molar-refractivity contribution in [2.75, 3.05) is 13.1 Å². The fraction of sp³-hybridized carbons (Fsp3) is 0.733. The lowest BCUT2D eigenvalue weighted by Crippen LogP contribution is -2.36. The standard InChI is InChI=1S/C15H26N2O/c1-11(2)8-9-17(13-5-6-13)14(10-16)15-7-4-12(3)18-15/h4,7,11,13-14H,5-6,8-10,16H2,1-3H3. The predicted molar refractivity (Wildman–Crippen MR) is 74.4 cm³/mol. The van der Waals surface area contributed by atoms with E-state index in [-0.39, 0.29) is 6.04 Å². The third-order valence-corrected chi connectivity index (χ3v) is 3.69. The SMILES string of the molecule is Cc1ccc(C(CN)N(CCC(C)C)C2CC2)o1. The van der Waals surface area contributed by atoms with Crippen molar-refractivity contribution < 1.29 is 4.42 Å². The Kier molecular flexibility index (Phi) is 4.46. The molecule has 1 aromatic rings. The number of rotatable bonds is 7. The molecule has 0 aromatic carbocycles.